The van der Waals surface area contributed by atoms with E-state index >= 15 is 0 Å². The fourth-order valence-corrected chi connectivity index (χ4v) is 5.80. The Kier molecular flexibility index (Phi) is 9.28. The summed E-state index contributed by atoms with van der Waals surface area (Å²) in [7, 11) is 0. The van der Waals surface area contributed by atoms with E-state index in [4.69, 9.17) is 0 Å². The summed E-state index contributed by atoms with van der Waals surface area (Å²) < 4.78 is 13.3. The lowest BCUT2D eigenvalue weighted by Gasteiger charge is -2.38. The van der Waals surface area contributed by atoms with Crippen LogP contribution in [0.15, 0.2) is 90.3 Å². The lowest BCUT2D eigenvalue weighted by atomic mass is 9.94. The van der Waals surface area contributed by atoms with Crippen molar-refractivity contribution in [3.8, 4) is 0 Å². The summed E-state index contributed by atoms with van der Waals surface area (Å²) in [6, 6.07) is 24.7. The Hall–Kier alpha value is -4.50. The molecule has 5 rings (SSSR count). The highest BCUT2D eigenvalue weighted by Gasteiger charge is 2.29. The number of thiophene rings is 1. The average molecular weight is 585 g/mol. The number of nitrogens with one attached hydrogen (secondary N) is 2. The second-order valence-electron chi connectivity index (χ2n) is 10.2. The topological polar surface area (TPSA) is 81.8 Å². The standard InChI is InChI=1S/C33H33FN4O3S/c1-2-27(24-7-4-3-5-8-24)33(41)38-18-16-37(17-19-38)29-15-14-26(36-32(40)30-9-6-20-42-30)21-28(29)31(39)35-22-23-10-12-25(34)13-11-23/h3-15,20-21,27H,2,16-19,22H2,1H3,(H,35,39)(H,36,40)/t27-/m1/s1. The van der Waals surface area contributed by atoms with E-state index in [1.165, 1.54) is 23.5 Å². The average Bonchev–Trinajstić information content (AvgIpc) is 3.57. The maximum absolute atomic E-state index is 13.5. The van der Waals surface area contributed by atoms with E-state index in [1.807, 2.05) is 59.7 Å². The number of hydrogen-bond donors (Lipinski definition) is 2. The Morgan fingerprint density at radius 1 is 0.881 bits per heavy atom. The Bertz CT molecular complexity index is 1520. The third-order valence-electron chi connectivity index (χ3n) is 7.45. The molecule has 4 aromatic rings. The van der Waals surface area contributed by atoms with Gasteiger partial charge in [-0.2, -0.15) is 0 Å². The molecule has 1 aromatic heterocycles. The van der Waals surface area contributed by atoms with Crippen molar-refractivity contribution in [2.75, 3.05) is 36.4 Å². The molecule has 0 unspecified atom stereocenters. The number of piperazine rings is 1. The number of hydrogen-bond acceptors (Lipinski definition) is 5. The summed E-state index contributed by atoms with van der Waals surface area (Å²) in [5, 5.41) is 7.64. The van der Waals surface area contributed by atoms with Gasteiger partial charge in [-0.3, -0.25) is 14.4 Å². The molecule has 0 spiro atoms. The monoisotopic (exact) mass is 584 g/mol. The molecule has 1 aliphatic heterocycles. The van der Waals surface area contributed by atoms with E-state index in [1.54, 1.807) is 30.3 Å². The Morgan fingerprint density at radius 2 is 1.62 bits per heavy atom. The SMILES string of the molecule is CC[C@@H](C(=O)N1CCN(c2ccc(NC(=O)c3cccs3)cc2C(=O)NCc2ccc(F)cc2)CC1)c1ccccc1. The van der Waals surface area contributed by atoms with Crippen LogP contribution in [0.25, 0.3) is 0 Å². The highest BCUT2D eigenvalue weighted by molar-refractivity contribution is 7.12. The van der Waals surface area contributed by atoms with Crippen molar-refractivity contribution in [3.05, 3.63) is 118 Å². The normalized spacial score (nSPS) is 13.9. The van der Waals surface area contributed by atoms with E-state index in [0.29, 0.717) is 42.3 Å². The quantitative estimate of drug-likeness (QED) is 0.256. The number of halogens is 1. The lowest BCUT2D eigenvalue weighted by Crippen LogP contribution is -2.50. The molecule has 216 valence electrons. The van der Waals surface area contributed by atoms with E-state index in [-0.39, 0.29) is 36.0 Å². The summed E-state index contributed by atoms with van der Waals surface area (Å²) >= 11 is 1.34. The second kappa shape index (κ2) is 13.4. The number of anilines is 2. The number of rotatable bonds is 9. The third kappa shape index (κ3) is 6.86. The van der Waals surface area contributed by atoms with Crippen LogP contribution in [-0.2, 0) is 11.3 Å². The van der Waals surface area contributed by atoms with Crippen LogP contribution in [0.4, 0.5) is 15.8 Å². The molecule has 0 bridgehead atoms. The Balaban J connectivity index is 1.32. The van der Waals surface area contributed by atoms with Gasteiger partial charge in [0, 0.05) is 44.1 Å². The van der Waals surface area contributed by atoms with Gasteiger partial charge in [0.05, 0.1) is 16.4 Å². The molecule has 3 amide bonds. The fraction of sp³-hybridized carbons (Fsp3) is 0.242. The smallest absolute Gasteiger partial charge is 0.265 e. The predicted octanol–water partition coefficient (Wildman–Crippen LogP) is 5.91. The van der Waals surface area contributed by atoms with Gasteiger partial charge in [0.2, 0.25) is 5.91 Å². The van der Waals surface area contributed by atoms with Crippen LogP contribution < -0.4 is 15.5 Å². The molecule has 2 N–H and O–H groups in total. The molecule has 2 heterocycles. The highest BCUT2D eigenvalue weighted by Crippen LogP contribution is 2.28. The molecule has 0 aliphatic carbocycles. The number of nitrogens with zero attached hydrogens (tertiary/aromatic N) is 2. The van der Waals surface area contributed by atoms with Gasteiger partial charge in [0.25, 0.3) is 11.8 Å². The van der Waals surface area contributed by atoms with Crippen molar-refractivity contribution in [1.29, 1.82) is 0 Å². The van der Waals surface area contributed by atoms with Crippen molar-refractivity contribution in [3.63, 3.8) is 0 Å². The zero-order chi connectivity index (χ0) is 29.5. The first-order valence-corrected chi connectivity index (χ1v) is 14.9. The van der Waals surface area contributed by atoms with Gasteiger partial charge in [-0.25, -0.2) is 4.39 Å². The third-order valence-corrected chi connectivity index (χ3v) is 8.32. The summed E-state index contributed by atoms with van der Waals surface area (Å²) in [6.07, 6.45) is 0.722. The van der Waals surface area contributed by atoms with Crippen LogP contribution >= 0.6 is 11.3 Å². The number of carbonyl (C=O) groups excluding carboxylic acids is 3. The van der Waals surface area contributed by atoms with Crippen LogP contribution in [0.1, 0.15) is 50.4 Å². The summed E-state index contributed by atoms with van der Waals surface area (Å²) in [5.41, 5.74) is 3.43. The van der Waals surface area contributed by atoms with Crippen molar-refractivity contribution >= 4 is 40.4 Å². The predicted molar refractivity (Wildman–Crippen MR) is 165 cm³/mol. The molecule has 7 nitrogen and oxygen atoms in total. The summed E-state index contributed by atoms with van der Waals surface area (Å²) in [5.74, 6) is -0.959. The van der Waals surface area contributed by atoms with Crippen molar-refractivity contribution in [2.24, 2.45) is 0 Å². The first-order valence-electron chi connectivity index (χ1n) is 14.0. The largest absolute Gasteiger partial charge is 0.367 e. The molecule has 1 saturated heterocycles. The van der Waals surface area contributed by atoms with Gasteiger partial charge in [-0.05, 0) is 59.3 Å². The molecular weight excluding hydrogens is 551 g/mol. The van der Waals surface area contributed by atoms with Crippen molar-refractivity contribution in [2.45, 2.75) is 25.8 Å². The lowest BCUT2D eigenvalue weighted by molar-refractivity contribution is -0.133. The van der Waals surface area contributed by atoms with Gasteiger partial charge in [0.15, 0.2) is 0 Å². The van der Waals surface area contributed by atoms with Gasteiger partial charge in [-0.15, -0.1) is 11.3 Å². The molecule has 1 fully saturated rings. The Morgan fingerprint density at radius 3 is 2.29 bits per heavy atom. The van der Waals surface area contributed by atoms with Crippen LogP contribution in [-0.4, -0.2) is 48.8 Å². The maximum atomic E-state index is 13.5. The Labute approximate surface area is 249 Å². The van der Waals surface area contributed by atoms with Crippen LogP contribution in [0, 0.1) is 5.82 Å². The maximum Gasteiger partial charge on any atom is 0.265 e. The van der Waals surface area contributed by atoms with Crippen molar-refractivity contribution in [1.82, 2.24) is 10.2 Å². The second-order valence-corrected chi connectivity index (χ2v) is 11.1. The molecule has 1 atom stereocenters. The summed E-state index contributed by atoms with van der Waals surface area (Å²) in [4.78, 5) is 44.2. The van der Waals surface area contributed by atoms with Gasteiger partial charge in [-0.1, -0.05) is 55.5 Å². The molecule has 0 radical (unpaired) electrons. The van der Waals surface area contributed by atoms with Gasteiger partial charge in [0.1, 0.15) is 5.82 Å². The molecule has 42 heavy (non-hydrogen) atoms. The highest BCUT2D eigenvalue weighted by atomic mass is 32.1. The molecular formula is C33H33FN4O3S. The first kappa shape index (κ1) is 29.0. The molecule has 9 heteroatoms. The fourth-order valence-electron chi connectivity index (χ4n) is 5.18. The zero-order valence-electron chi connectivity index (χ0n) is 23.4. The molecule has 1 aliphatic rings. The number of amides is 3. The number of benzene rings is 3. The van der Waals surface area contributed by atoms with Crippen LogP contribution in [0.3, 0.4) is 0 Å². The molecule has 0 saturated carbocycles. The minimum absolute atomic E-state index is 0.118. The van der Waals surface area contributed by atoms with Gasteiger partial charge >= 0.3 is 0 Å². The van der Waals surface area contributed by atoms with E-state index in [9.17, 15) is 18.8 Å². The van der Waals surface area contributed by atoms with Gasteiger partial charge < -0.3 is 20.4 Å². The first-order chi connectivity index (χ1) is 20.4. The summed E-state index contributed by atoms with van der Waals surface area (Å²) in [6.45, 7) is 4.46. The van der Waals surface area contributed by atoms with Crippen LogP contribution in [0.2, 0.25) is 0 Å². The van der Waals surface area contributed by atoms with E-state index in [0.717, 1.165) is 23.2 Å². The molecule has 3 aromatic carbocycles. The van der Waals surface area contributed by atoms with Crippen LogP contribution in [0.5, 0.6) is 0 Å². The number of carbonyl (C=O) groups is 3. The van der Waals surface area contributed by atoms with Crippen molar-refractivity contribution < 1.29 is 18.8 Å². The minimum Gasteiger partial charge on any atom is -0.367 e. The van der Waals surface area contributed by atoms with E-state index in [2.05, 4.69) is 15.5 Å². The zero-order valence-corrected chi connectivity index (χ0v) is 24.2. The minimum atomic E-state index is -0.340. The van der Waals surface area contributed by atoms with E-state index < -0.39 is 0 Å².